The number of aryl methyl sites for hydroxylation is 1. The van der Waals surface area contributed by atoms with Crippen molar-refractivity contribution in [3.63, 3.8) is 0 Å². The van der Waals surface area contributed by atoms with E-state index >= 15 is 0 Å². The number of pyridine rings is 1. The molecule has 1 rings (SSSR count). The lowest BCUT2D eigenvalue weighted by Gasteiger charge is -1.88. The monoisotopic (exact) mass is 299 g/mol. The molecular weight excluding hydrogens is 290 g/mol. The largest absolute Gasteiger partial charge is 1.00 e. The van der Waals surface area contributed by atoms with E-state index in [0.29, 0.717) is 0 Å². The van der Waals surface area contributed by atoms with Crippen LogP contribution in [0.5, 0.6) is 0 Å². The Bertz CT molecular complexity index is 255. The van der Waals surface area contributed by atoms with Gasteiger partial charge in [0, 0.05) is 12.1 Å². The summed E-state index contributed by atoms with van der Waals surface area (Å²) >= 11 is 0. The first-order chi connectivity index (χ1) is 4.84. The van der Waals surface area contributed by atoms with Gasteiger partial charge in [0.1, 0.15) is 13.3 Å². The van der Waals surface area contributed by atoms with Crippen molar-refractivity contribution in [3.05, 3.63) is 30.1 Å². The average Bonchev–Trinajstić information content (AvgIpc) is 1.94. The summed E-state index contributed by atoms with van der Waals surface area (Å²) in [6.45, 7) is 0. The Hall–Kier alpha value is -0.360. The Morgan fingerprint density at radius 1 is 1.50 bits per heavy atom. The number of oxime groups is 1. The highest BCUT2D eigenvalue weighted by molar-refractivity contribution is 5.74. The maximum absolute atomic E-state index is 8.20. The van der Waals surface area contributed by atoms with Crippen LogP contribution in [0.15, 0.2) is 29.6 Å². The molecule has 0 atom stereocenters. The van der Waals surface area contributed by atoms with E-state index in [9.17, 15) is 0 Å². The fraction of sp³-hybridized carbons (Fsp3) is 0.143. The maximum Gasteiger partial charge on any atom is 0.226 e. The van der Waals surface area contributed by atoms with Gasteiger partial charge in [-0.25, -0.2) is 4.57 Å². The fourth-order valence-electron chi connectivity index (χ4n) is 0.730. The Balaban J connectivity index is 0. The molecule has 5 heteroatoms. The molecule has 1 aromatic rings. The maximum atomic E-state index is 8.20. The highest BCUT2D eigenvalue weighted by Gasteiger charge is 1.98. The van der Waals surface area contributed by atoms with Gasteiger partial charge in [0.05, 0.1) is 0 Å². The molecule has 68 valence electrons. The predicted molar refractivity (Wildman–Crippen MR) is 37.0 cm³/mol. The van der Waals surface area contributed by atoms with E-state index in [2.05, 4.69) is 5.16 Å². The van der Waals surface area contributed by atoms with Crippen LogP contribution >= 0.6 is 0 Å². The van der Waals surface area contributed by atoms with Crippen molar-refractivity contribution < 1.29 is 46.2 Å². The van der Waals surface area contributed by atoms with Crippen LogP contribution in [0, 0.1) is 0 Å². The standard InChI is InChI=1S/C7H8N2O.ClH.HI/c1-9-5-3-2-4-7(9)6-8-10;;/h2-6H,1H3;2*1H/p-1. The lowest BCUT2D eigenvalue weighted by molar-refractivity contribution is -0.672. The molecule has 0 saturated heterocycles. The van der Waals surface area contributed by atoms with E-state index < -0.39 is 0 Å². The van der Waals surface area contributed by atoms with Gasteiger partial charge in [-0.2, -0.15) is 0 Å². The second-order valence-electron chi connectivity index (χ2n) is 1.98. The fourth-order valence-corrected chi connectivity index (χ4v) is 0.730. The molecule has 0 aliphatic carbocycles. The van der Waals surface area contributed by atoms with Crippen LogP contribution in [0.25, 0.3) is 0 Å². The molecular formula is C7H9ClIN2O-. The molecule has 3 nitrogen and oxygen atoms in total. The highest BCUT2D eigenvalue weighted by atomic mass is 127. The van der Waals surface area contributed by atoms with Gasteiger partial charge in [-0.15, -0.1) is 0 Å². The van der Waals surface area contributed by atoms with Gasteiger partial charge in [-0.05, 0) is 6.07 Å². The van der Waals surface area contributed by atoms with Crippen LogP contribution in [0.4, 0.5) is 0 Å². The molecule has 0 aromatic carbocycles. The normalized spacial score (nSPS) is 8.75. The SMILES string of the molecule is C[n+]1ccccc1/C=N/O.[Cl-].[I-]. The van der Waals surface area contributed by atoms with Gasteiger partial charge in [0.25, 0.3) is 0 Å². The second kappa shape index (κ2) is 7.30. The molecule has 1 N–H and O–H groups in total. The zero-order valence-electron chi connectivity index (χ0n) is 6.48. The van der Waals surface area contributed by atoms with Crippen molar-refractivity contribution in [2.45, 2.75) is 0 Å². The van der Waals surface area contributed by atoms with Crippen LogP contribution in [-0.4, -0.2) is 11.4 Å². The minimum Gasteiger partial charge on any atom is -1.00 e. The number of nitrogens with zero attached hydrogens (tertiary/aromatic N) is 2. The number of hydrogen-bond donors (Lipinski definition) is 1. The van der Waals surface area contributed by atoms with Crippen molar-refractivity contribution in [2.75, 3.05) is 0 Å². The zero-order valence-corrected chi connectivity index (χ0v) is 9.40. The molecule has 1 heterocycles. The minimum atomic E-state index is 0. The predicted octanol–water partition coefficient (Wildman–Crippen LogP) is -5.67. The van der Waals surface area contributed by atoms with E-state index in [1.165, 1.54) is 6.21 Å². The summed E-state index contributed by atoms with van der Waals surface area (Å²) in [5, 5.41) is 11.1. The highest BCUT2D eigenvalue weighted by Crippen LogP contribution is 1.84. The summed E-state index contributed by atoms with van der Waals surface area (Å²) in [5.74, 6) is 0. The lowest BCUT2D eigenvalue weighted by Crippen LogP contribution is -3.00. The van der Waals surface area contributed by atoms with Gasteiger partial charge in [0.15, 0.2) is 6.20 Å². The summed E-state index contributed by atoms with van der Waals surface area (Å²) in [7, 11) is 1.89. The van der Waals surface area contributed by atoms with Crippen molar-refractivity contribution in [1.29, 1.82) is 0 Å². The molecule has 0 aliphatic rings. The van der Waals surface area contributed by atoms with Gasteiger partial charge in [-0.1, -0.05) is 5.16 Å². The zero-order chi connectivity index (χ0) is 7.40. The smallest absolute Gasteiger partial charge is 0.226 e. The van der Waals surface area contributed by atoms with E-state index in [1.807, 2.05) is 36.0 Å². The first-order valence-corrected chi connectivity index (χ1v) is 2.96. The van der Waals surface area contributed by atoms with E-state index in [1.54, 1.807) is 0 Å². The summed E-state index contributed by atoms with van der Waals surface area (Å²) in [4.78, 5) is 0. The third kappa shape index (κ3) is 3.87. The topological polar surface area (TPSA) is 36.5 Å². The van der Waals surface area contributed by atoms with E-state index in [0.717, 1.165) is 5.69 Å². The molecule has 12 heavy (non-hydrogen) atoms. The quantitative estimate of drug-likeness (QED) is 0.181. The molecule has 0 saturated carbocycles. The molecule has 0 fully saturated rings. The number of halogens is 2. The molecule has 0 bridgehead atoms. The van der Waals surface area contributed by atoms with E-state index in [4.69, 9.17) is 5.21 Å². The van der Waals surface area contributed by atoms with E-state index in [-0.39, 0.29) is 36.4 Å². The molecule has 1 aromatic heterocycles. The van der Waals surface area contributed by atoms with Gasteiger partial charge in [-0.3, -0.25) is 0 Å². The molecule has 0 unspecified atom stereocenters. The van der Waals surface area contributed by atoms with Crippen molar-refractivity contribution >= 4 is 6.21 Å². The third-order valence-corrected chi connectivity index (χ3v) is 1.29. The average molecular weight is 300 g/mol. The summed E-state index contributed by atoms with van der Waals surface area (Å²) in [6, 6.07) is 5.66. The molecule has 0 amide bonds. The summed E-state index contributed by atoms with van der Waals surface area (Å²) in [5.41, 5.74) is 0.866. The van der Waals surface area contributed by atoms with Gasteiger partial charge >= 0.3 is 0 Å². The molecule has 0 spiro atoms. The van der Waals surface area contributed by atoms with Crippen LogP contribution in [0.3, 0.4) is 0 Å². The van der Waals surface area contributed by atoms with Gasteiger partial charge in [0.2, 0.25) is 5.69 Å². The Morgan fingerprint density at radius 2 is 2.17 bits per heavy atom. The Labute approximate surface area is 94.5 Å². The second-order valence-corrected chi connectivity index (χ2v) is 1.98. The van der Waals surface area contributed by atoms with Crippen molar-refractivity contribution in [3.8, 4) is 0 Å². The lowest BCUT2D eigenvalue weighted by atomic mass is 10.4. The third-order valence-electron chi connectivity index (χ3n) is 1.29. The molecule has 0 radical (unpaired) electrons. The van der Waals surface area contributed by atoms with Gasteiger partial charge < -0.3 is 41.6 Å². The number of rotatable bonds is 1. The van der Waals surface area contributed by atoms with Crippen LogP contribution in [-0.2, 0) is 7.05 Å². The van der Waals surface area contributed by atoms with Crippen molar-refractivity contribution in [2.24, 2.45) is 12.2 Å². The van der Waals surface area contributed by atoms with Crippen LogP contribution in [0.2, 0.25) is 0 Å². The summed E-state index contributed by atoms with van der Waals surface area (Å²) in [6.07, 6.45) is 3.27. The number of aromatic nitrogens is 1. The number of hydrogen-bond acceptors (Lipinski definition) is 2. The van der Waals surface area contributed by atoms with Crippen LogP contribution in [0.1, 0.15) is 5.69 Å². The van der Waals surface area contributed by atoms with Crippen LogP contribution < -0.4 is 41.0 Å². The Morgan fingerprint density at radius 3 is 2.67 bits per heavy atom. The van der Waals surface area contributed by atoms with Crippen molar-refractivity contribution in [1.82, 2.24) is 0 Å². The minimum absolute atomic E-state index is 0. The first-order valence-electron chi connectivity index (χ1n) is 2.96. The first kappa shape index (κ1) is 14.2. The summed E-state index contributed by atoms with van der Waals surface area (Å²) < 4.78 is 1.86. The molecule has 0 aliphatic heterocycles. The Kier molecular flexibility index (Phi) is 8.62.